The van der Waals surface area contributed by atoms with Crippen molar-refractivity contribution >= 4 is 11.8 Å². The van der Waals surface area contributed by atoms with Gasteiger partial charge in [-0.25, -0.2) is 8.78 Å². The summed E-state index contributed by atoms with van der Waals surface area (Å²) in [4.78, 5) is 33.6. The molecule has 0 aliphatic carbocycles. The third-order valence-corrected chi connectivity index (χ3v) is 4.15. The van der Waals surface area contributed by atoms with Gasteiger partial charge in [-0.05, 0) is 18.2 Å². The molecule has 0 aromatic carbocycles. The van der Waals surface area contributed by atoms with E-state index >= 15 is 0 Å². The Hall–Kier alpha value is -3.41. The van der Waals surface area contributed by atoms with Gasteiger partial charge in [0.25, 0.3) is 11.8 Å². The molecule has 1 N–H and O–H groups in total. The van der Waals surface area contributed by atoms with Gasteiger partial charge in [-0.2, -0.15) is 5.26 Å². The second kappa shape index (κ2) is 7.45. The molecule has 0 spiro atoms. The number of likely N-dealkylation sites (tertiary alicyclic amines) is 1. The number of halogens is 2. The first-order chi connectivity index (χ1) is 12.9. The summed E-state index contributed by atoms with van der Waals surface area (Å²) in [6, 6.07) is 7.18. The molecule has 3 heterocycles. The number of rotatable bonds is 4. The maximum atomic E-state index is 13.5. The number of pyridine rings is 2. The van der Waals surface area contributed by atoms with Crippen LogP contribution in [0, 0.1) is 11.3 Å². The number of carbonyl (C=O) groups excluding carboxylic acids is 2. The molecule has 1 saturated heterocycles. The van der Waals surface area contributed by atoms with Gasteiger partial charge in [0.15, 0.2) is 0 Å². The Labute approximate surface area is 153 Å². The summed E-state index contributed by atoms with van der Waals surface area (Å²) in [5.41, 5.74) is 1.26. The minimum atomic E-state index is -3.10. The largest absolute Gasteiger partial charge is 0.343 e. The smallest absolute Gasteiger partial charge is 0.268 e. The third-order valence-electron chi connectivity index (χ3n) is 4.15. The Morgan fingerprint density at radius 2 is 2.15 bits per heavy atom. The second-order valence-electron chi connectivity index (χ2n) is 6.05. The van der Waals surface area contributed by atoms with Gasteiger partial charge in [0.05, 0.1) is 30.4 Å². The van der Waals surface area contributed by atoms with Gasteiger partial charge in [-0.3, -0.25) is 19.6 Å². The molecule has 2 aromatic rings. The Bertz CT molecular complexity index is 898. The summed E-state index contributed by atoms with van der Waals surface area (Å²) >= 11 is 0. The average molecular weight is 371 g/mol. The third kappa shape index (κ3) is 4.06. The molecule has 27 heavy (non-hydrogen) atoms. The number of amides is 2. The van der Waals surface area contributed by atoms with Crippen molar-refractivity contribution in [1.29, 1.82) is 5.26 Å². The maximum absolute atomic E-state index is 13.5. The quantitative estimate of drug-likeness (QED) is 0.881. The molecule has 7 nitrogen and oxygen atoms in total. The first-order valence-electron chi connectivity index (χ1n) is 8.12. The molecule has 1 unspecified atom stereocenters. The van der Waals surface area contributed by atoms with Crippen LogP contribution in [0.3, 0.4) is 0 Å². The van der Waals surface area contributed by atoms with Crippen molar-refractivity contribution in [3.8, 4) is 17.3 Å². The van der Waals surface area contributed by atoms with Crippen LogP contribution in [0.4, 0.5) is 8.78 Å². The summed E-state index contributed by atoms with van der Waals surface area (Å²) in [6.45, 7) is -1.31. The normalized spacial score (nSPS) is 18.0. The molecule has 1 atom stereocenters. The topological polar surface area (TPSA) is 99.0 Å². The van der Waals surface area contributed by atoms with E-state index in [2.05, 4.69) is 15.3 Å². The first kappa shape index (κ1) is 18.4. The summed E-state index contributed by atoms with van der Waals surface area (Å²) in [5, 5.41) is 11.4. The van der Waals surface area contributed by atoms with Crippen molar-refractivity contribution in [3.63, 3.8) is 0 Å². The maximum Gasteiger partial charge on any atom is 0.268 e. The highest BCUT2D eigenvalue weighted by atomic mass is 19.3. The zero-order chi connectivity index (χ0) is 19.4. The van der Waals surface area contributed by atoms with Gasteiger partial charge >= 0.3 is 0 Å². The van der Waals surface area contributed by atoms with E-state index in [1.807, 2.05) is 0 Å². The van der Waals surface area contributed by atoms with Crippen molar-refractivity contribution in [2.45, 2.75) is 18.4 Å². The van der Waals surface area contributed by atoms with E-state index in [9.17, 15) is 18.4 Å². The molecule has 0 saturated carbocycles. The minimum absolute atomic E-state index is 0.250. The second-order valence-corrected chi connectivity index (χ2v) is 6.05. The lowest BCUT2D eigenvalue weighted by atomic mass is 10.1. The number of hydrogen-bond donors (Lipinski definition) is 1. The van der Waals surface area contributed by atoms with Crippen molar-refractivity contribution < 1.29 is 18.4 Å². The van der Waals surface area contributed by atoms with Crippen LogP contribution < -0.4 is 5.32 Å². The molecular weight excluding hydrogens is 356 g/mol. The number of nitriles is 1. The SMILES string of the molecule is N#CC1CC(F)(F)CN1C(=O)CNC(=O)c1ccncc1-c1ccccn1. The number of nitrogens with zero attached hydrogens (tertiary/aromatic N) is 4. The molecule has 1 aliphatic rings. The van der Waals surface area contributed by atoms with Gasteiger partial charge in [0.2, 0.25) is 5.91 Å². The number of hydrogen-bond acceptors (Lipinski definition) is 5. The van der Waals surface area contributed by atoms with E-state index in [1.54, 1.807) is 30.5 Å². The summed E-state index contributed by atoms with van der Waals surface area (Å²) in [6.07, 6.45) is 3.78. The molecule has 138 valence electrons. The molecule has 1 fully saturated rings. The van der Waals surface area contributed by atoms with E-state index in [4.69, 9.17) is 5.26 Å². The average Bonchev–Trinajstić information content (AvgIpc) is 3.01. The summed E-state index contributed by atoms with van der Waals surface area (Å²) < 4.78 is 26.9. The fourth-order valence-electron chi connectivity index (χ4n) is 2.87. The van der Waals surface area contributed by atoms with Crippen LogP contribution in [0.1, 0.15) is 16.8 Å². The van der Waals surface area contributed by atoms with Crippen molar-refractivity contribution in [3.05, 3.63) is 48.4 Å². The number of alkyl halides is 2. The van der Waals surface area contributed by atoms with Gasteiger partial charge in [-0.1, -0.05) is 6.07 Å². The van der Waals surface area contributed by atoms with E-state index < -0.39 is 43.3 Å². The number of nitrogens with one attached hydrogen (secondary N) is 1. The van der Waals surface area contributed by atoms with E-state index in [0.717, 1.165) is 4.90 Å². The first-order valence-corrected chi connectivity index (χ1v) is 8.12. The molecule has 0 bridgehead atoms. The summed E-state index contributed by atoms with van der Waals surface area (Å²) in [7, 11) is 0. The Morgan fingerprint density at radius 1 is 1.33 bits per heavy atom. The van der Waals surface area contributed by atoms with Crippen molar-refractivity contribution in [1.82, 2.24) is 20.2 Å². The molecule has 0 radical (unpaired) electrons. The van der Waals surface area contributed by atoms with Gasteiger partial charge in [0, 0.05) is 30.6 Å². The predicted molar refractivity (Wildman–Crippen MR) is 90.5 cm³/mol. The Kier molecular flexibility index (Phi) is 5.07. The highest BCUT2D eigenvalue weighted by Gasteiger charge is 2.47. The fourth-order valence-corrected chi connectivity index (χ4v) is 2.87. The lowest BCUT2D eigenvalue weighted by Gasteiger charge is -2.19. The fraction of sp³-hybridized carbons (Fsp3) is 0.278. The van der Waals surface area contributed by atoms with Crippen LogP contribution >= 0.6 is 0 Å². The van der Waals surface area contributed by atoms with Crippen LogP contribution in [0.2, 0.25) is 0 Å². The standard InChI is InChI=1S/C18H15F2N5O2/c19-18(20)7-12(8-21)25(11-18)16(26)10-24-17(27)13-4-6-22-9-14(13)15-3-1-2-5-23-15/h1-6,9,12H,7,10-11H2,(H,24,27). The number of carbonyl (C=O) groups is 2. The van der Waals surface area contributed by atoms with Gasteiger partial charge in [0.1, 0.15) is 6.04 Å². The predicted octanol–water partition coefficient (Wildman–Crippen LogP) is 1.63. The molecule has 2 aromatic heterocycles. The lowest BCUT2D eigenvalue weighted by molar-refractivity contribution is -0.131. The van der Waals surface area contributed by atoms with Gasteiger partial charge in [-0.15, -0.1) is 0 Å². The molecular formula is C18H15F2N5O2. The zero-order valence-electron chi connectivity index (χ0n) is 14.1. The van der Waals surface area contributed by atoms with Crippen LogP contribution in [0.5, 0.6) is 0 Å². The molecule has 2 amide bonds. The highest BCUT2D eigenvalue weighted by molar-refractivity contribution is 6.01. The van der Waals surface area contributed by atoms with Gasteiger partial charge < -0.3 is 10.2 Å². The van der Waals surface area contributed by atoms with Crippen LogP contribution in [-0.2, 0) is 4.79 Å². The highest BCUT2D eigenvalue weighted by Crippen LogP contribution is 2.31. The van der Waals surface area contributed by atoms with Crippen molar-refractivity contribution in [2.24, 2.45) is 0 Å². The Morgan fingerprint density at radius 3 is 2.85 bits per heavy atom. The molecule has 9 heteroatoms. The molecule has 3 rings (SSSR count). The van der Waals surface area contributed by atoms with E-state index in [1.165, 1.54) is 18.5 Å². The Balaban J connectivity index is 1.71. The van der Waals surface area contributed by atoms with Crippen LogP contribution in [0.25, 0.3) is 11.3 Å². The van der Waals surface area contributed by atoms with E-state index in [0.29, 0.717) is 11.3 Å². The van der Waals surface area contributed by atoms with Crippen LogP contribution in [0.15, 0.2) is 42.9 Å². The monoisotopic (exact) mass is 371 g/mol. The van der Waals surface area contributed by atoms with E-state index in [-0.39, 0.29) is 5.56 Å². The minimum Gasteiger partial charge on any atom is -0.343 e. The van der Waals surface area contributed by atoms with Crippen LogP contribution in [-0.4, -0.2) is 51.7 Å². The molecule has 1 aliphatic heterocycles. The summed E-state index contributed by atoms with van der Waals surface area (Å²) in [5.74, 6) is -4.40. The number of aromatic nitrogens is 2. The van der Waals surface area contributed by atoms with Crippen molar-refractivity contribution in [2.75, 3.05) is 13.1 Å². The lowest BCUT2D eigenvalue weighted by Crippen LogP contribution is -2.43. The zero-order valence-corrected chi connectivity index (χ0v) is 14.1.